The molecular formula is C17H26N4O2. The first kappa shape index (κ1) is 16.2. The summed E-state index contributed by atoms with van der Waals surface area (Å²) in [4.78, 5) is 23.5. The molecule has 23 heavy (non-hydrogen) atoms. The zero-order valence-electron chi connectivity index (χ0n) is 14.1. The molecule has 2 aliphatic rings. The third-order valence-corrected chi connectivity index (χ3v) is 4.62. The molecule has 0 spiro atoms. The van der Waals surface area contributed by atoms with E-state index in [-0.39, 0.29) is 11.9 Å². The number of likely N-dealkylation sites (tertiary alicyclic amines) is 1. The van der Waals surface area contributed by atoms with Gasteiger partial charge in [0.05, 0.1) is 19.3 Å². The van der Waals surface area contributed by atoms with Gasteiger partial charge in [0.1, 0.15) is 5.82 Å². The van der Waals surface area contributed by atoms with Crippen LogP contribution in [-0.4, -0.2) is 73.7 Å². The van der Waals surface area contributed by atoms with E-state index in [1.54, 1.807) is 0 Å². The SMILES string of the molecule is CN(C)c1ccc(CN2CCC[C@H]2C(=O)N2CCOCC2)cn1. The van der Waals surface area contributed by atoms with Gasteiger partial charge in [0, 0.05) is 39.9 Å². The molecule has 0 saturated carbocycles. The highest BCUT2D eigenvalue weighted by Crippen LogP contribution is 2.22. The molecule has 0 bridgehead atoms. The van der Waals surface area contributed by atoms with Crippen molar-refractivity contribution in [1.82, 2.24) is 14.8 Å². The van der Waals surface area contributed by atoms with E-state index in [2.05, 4.69) is 16.0 Å². The van der Waals surface area contributed by atoms with E-state index in [0.717, 1.165) is 50.4 Å². The van der Waals surface area contributed by atoms with Gasteiger partial charge in [-0.05, 0) is 31.0 Å². The number of pyridine rings is 1. The fourth-order valence-electron chi connectivity index (χ4n) is 3.30. The average Bonchev–Trinajstić information content (AvgIpc) is 3.03. The summed E-state index contributed by atoms with van der Waals surface area (Å²) in [6.07, 6.45) is 3.97. The normalized spacial score (nSPS) is 22.3. The number of aromatic nitrogens is 1. The first-order valence-electron chi connectivity index (χ1n) is 8.38. The minimum Gasteiger partial charge on any atom is -0.378 e. The summed E-state index contributed by atoms with van der Waals surface area (Å²) < 4.78 is 5.35. The zero-order chi connectivity index (χ0) is 16.2. The van der Waals surface area contributed by atoms with Crippen LogP contribution in [0.3, 0.4) is 0 Å². The Morgan fingerprint density at radius 1 is 1.30 bits per heavy atom. The van der Waals surface area contributed by atoms with Crippen molar-refractivity contribution >= 4 is 11.7 Å². The Labute approximate surface area is 138 Å². The van der Waals surface area contributed by atoms with Crippen molar-refractivity contribution in [3.8, 4) is 0 Å². The van der Waals surface area contributed by atoms with E-state index < -0.39 is 0 Å². The third kappa shape index (κ3) is 3.82. The lowest BCUT2D eigenvalue weighted by Crippen LogP contribution is -2.49. The molecule has 1 aromatic rings. The first-order chi connectivity index (χ1) is 11.1. The maximum Gasteiger partial charge on any atom is 0.240 e. The molecule has 126 valence electrons. The minimum atomic E-state index is 0.0154. The number of hydrogen-bond acceptors (Lipinski definition) is 5. The van der Waals surface area contributed by atoms with Crippen LogP contribution in [0.2, 0.25) is 0 Å². The highest BCUT2D eigenvalue weighted by Gasteiger charge is 2.34. The Balaban J connectivity index is 1.63. The first-order valence-corrected chi connectivity index (χ1v) is 8.38. The molecule has 2 fully saturated rings. The quantitative estimate of drug-likeness (QED) is 0.828. The number of morpholine rings is 1. The number of nitrogens with zero attached hydrogens (tertiary/aromatic N) is 4. The molecular weight excluding hydrogens is 292 g/mol. The van der Waals surface area contributed by atoms with Crippen molar-refractivity contribution in [2.45, 2.75) is 25.4 Å². The van der Waals surface area contributed by atoms with Gasteiger partial charge in [-0.3, -0.25) is 9.69 Å². The number of rotatable bonds is 4. The molecule has 2 aliphatic heterocycles. The second kappa shape index (κ2) is 7.27. The van der Waals surface area contributed by atoms with E-state index in [1.807, 2.05) is 36.2 Å². The Bertz CT molecular complexity index is 526. The maximum absolute atomic E-state index is 12.8. The lowest BCUT2D eigenvalue weighted by Gasteiger charge is -2.32. The molecule has 1 amide bonds. The molecule has 6 nitrogen and oxygen atoms in total. The molecule has 1 atom stereocenters. The molecule has 0 N–H and O–H groups in total. The van der Waals surface area contributed by atoms with Gasteiger partial charge in [-0.15, -0.1) is 0 Å². The number of carbonyl (C=O) groups is 1. The number of hydrogen-bond donors (Lipinski definition) is 0. The van der Waals surface area contributed by atoms with Crippen molar-refractivity contribution < 1.29 is 9.53 Å². The van der Waals surface area contributed by atoms with Crippen molar-refractivity contribution in [1.29, 1.82) is 0 Å². The van der Waals surface area contributed by atoms with Crippen LogP contribution in [0.5, 0.6) is 0 Å². The van der Waals surface area contributed by atoms with Gasteiger partial charge in [-0.2, -0.15) is 0 Å². The summed E-state index contributed by atoms with van der Waals surface area (Å²) in [5, 5.41) is 0. The van der Waals surface area contributed by atoms with Gasteiger partial charge in [-0.25, -0.2) is 4.98 Å². The topological polar surface area (TPSA) is 48.9 Å². The average molecular weight is 318 g/mol. The molecule has 6 heteroatoms. The predicted molar refractivity (Wildman–Crippen MR) is 89.4 cm³/mol. The Kier molecular flexibility index (Phi) is 5.13. The van der Waals surface area contributed by atoms with E-state index in [0.29, 0.717) is 13.2 Å². The molecule has 3 rings (SSSR count). The van der Waals surface area contributed by atoms with E-state index in [9.17, 15) is 4.79 Å². The van der Waals surface area contributed by atoms with Crippen LogP contribution in [0, 0.1) is 0 Å². The lowest BCUT2D eigenvalue weighted by atomic mass is 10.1. The summed E-state index contributed by atoms with van der Waals surface area (Å²) >= 11 is 0. The summed E-state index contributed by atoms with van der Waals surface area (Å²) in [6.45, 7) is 4.55. The molecule has 0 aliphatic carbocycles. The zero-order valence-corrected chi connectivity index (χ0v) is 14.1. The van der Waals surface area contributed by atoms with Gasteiger partial charge in [0.25, 0.3) is 0 Å². The van der Waals surface area contributed by atoms with Crippen LogP contribution < -0.4 is 4.90 Å². The van der Waals surface area contributed by atoms with Crippen LogP contribution in [0.25, 0.3) is 0 Å². The van der Waals surface area contributed by atoms with Gasteiger partial charge < -0.3 is 14.5 Å². The van der Waals surface area contributed by atoms with E-state index >= 15 is 0 Å². The Morgan fingerprint density at radius 3 is 2.74 bits per heavy atom. The van der Waals surface area contributed by atoms with Crippen LogP contribution in [-0.2, 0) is 16.1 Å². The monoisotopic (exact) mass is 318 g/mol. The molecule has 2 saturated heterocycles. The number of anilines is 1. The fraction of sp³-hybridized carbons (Fsp3) is 0.647. The molecule has 0 radical (unpaired) electrons. The number of amides is 1. The van der Waals surface area contributed by atoms with E-state index in [4.69, 9.17) is 4.74 Å². The molecule has 1 aromatic heterocycles. The van der Waals surface area contributed by atoms with Crippen molar-refractivity contribution in [2.24, 2.45) is 0 Å². The molecule has 0 unspecified atom stereocenters. The minimum absolute atomic E-state index is 0.0154. The predicted octanol–water partition coefficient (Wildman–Crippen LogP) is 0.971. The number of ether oxygens (including phenoxy) is 1. The smallest absolute Gasteiger partial charge is 0.240 e. The van der Waals surface area contributed by atoms with Gasteiger partial charge in [-0.1, -0.05) is 6.07 Å². The van der Waals surface area contributed by atoms with Crippen LogP contribution >= 0.6 is 0 Å². The van der Waals surface area contributed by atoms with Gasteiger partial charge >= 0.3 is 0 Å². The third-order valence-electron chi connectivity index (χ3n) is 4.62. The van der Waals surface area contributed by atoms with Crippen molar-refractivity contribution in [3.05, 3.63) is 23.9 Å². The maximum atomic E-state index is 12.8. The Morgan fingerprint density at radius 2 is 2.09 bits per heavy atom. The van der Waals surface area contributed by atoms with Crippen LogP contribution in [0.4, 0.5) is 5.82 Å². The lowest BCUT2D eigenvalue weighted by molar-refractivity contribution is -0.140. The van der Waals surface area contributed by atoms with E-state index in [1.165, 1.54) is 0 Å². The summed E-state index contributed by atoms with van der Waals surface area (Å²) in [6, 6.07) is 4.16. The Hall–Kier alpha value is -1.66. The van der Waals surface area contributed by atoms with Crippen molar-refractivity contribution in [2.75, 3.05) is 51.8 Å². The van der Waals surface area contributed by atoms with Crippen LogP contribution in [0.1, 0.15) is 18.4 Å². The molecule has 0 aromatic carbocycles. The standard InChI is InChI=1S/C17H26N4O2/c1-19(2)16-6-5-14(12-18-16)13-21-7-3-4-15(21)17(22)20-8-10-23-11-9-20/h5-6,12,15H,3-4,7-11,13H2,1-2H3/t15-/m0/s1. The molecule has 3 heterocycles. The second-order valence-electron chi connectivity index (χ2n) is 6.49. The summed E-state index contributed by atoms with van der Waals surface area (Å²) in [5.41, 5.74) is 1.16. The highest BCUT2D eigenvalue weighted by molar-refractivity contribution is 5.82. The second-order valence-corrected chi connectivity index (χ2v) is 6.49. The largest absolute Gasteiger partial charge is 0.378 e. The van der Waals surface area contributed by atoms with Gasteiger partial charge in [0.2, 0.25) is 5.91 Å². The highest BCUT2D eigenvalue weighted by atomic mass is 16.5. The fourth-order valence-corrected chi connectivity index (χ4v) is 3.30. The van der Waals surface area contributed by atoms with Gasteiger partial charge in [0.15, 0.2) is 0 Å². The van der Waals surface area contributed by atoms with Crippen LogP contribution in [0.15, 0.2) is 18.3 Å². The summed E-state index contributed by atoms with van der Waals surface area (Å²) in [5.74, 6) is 1.22. The summed E-state index contributed by atoms with van der Waals surface area (Å²) in [7, 11) is 3.97. The number of carbonyl (C=O) groups excluding carboxylic acids is 1. The van der Waals surface area contributed by atoms with Crippen molar-refractivity contribution in [3.63, 3.8) is 0 Å².